The van der Waals surface area contributed by atoms with Crippen molar-refractivity contribution >= 4 is 23.9 Å². The van der Waals surface area contributed by atoms with Gasteiger partial charge >= 0.3 is 18.0 Å². The Labute approximate surface area is 146 Å². The molecule has 1 aliphatic rings. The quantitative estimate of drug-likeness (QED) is 0.646. The highest BCUT2D eigenvalue weighted by atomic mass is 16.6. The number of carboxylic acids is 2. The fraction of sp³-hybridized carbons (Fsp3) is 0.750. The number of carbonyl (C=O) groups excluding carboxylic acids is 2. The number of nitrogens with one attached hydrogen (secondary N) is 1. The van der Waals surface area contributed by atoms with Crippen LogP contribution >= 0.6 is 0 Å². The number of carbonyl (C=O) groups is 4. The highest BCUT2D eigenvalue weighted by Crippen LogP contribution is 2.20. The van der Waals surface area contributed by atoms with Crippen molar-refractivity contribution in [2.75, 3.05) is 13.1 Å². The van der Waals surface area contributed by atoms with Gasteiger partial charge in [-0.05, 0) is 40.0 Å². The van der Waals surface area contributed by atoms with Crippen molar-refractivity contribution in [3.63, 3.8) is 0 Å². The summed E-state index contributed by atoms with van der Waals surface area (Å²) < 4.78 is 5.29. The molecule has 142 valence electrons. The maximum absolute atomic E-state index is 12.3. The van der Waals surface area contributed by atoms with Crippen LogP contribution in [0.3, 0.4) is 0 Å². The molecule has 0 aromatic rings. The molecule has 3 N–H and O–H groups in total. The molecule has 0 saturated carbocycles. The number of nitrogens with zero attached hydrogens (tertiary/aromatic N) is 1. The van der Waals surface area contributed by atoms with Crippen LogP contribution in [0, 0.1) is 5.92 Å². The summed E-state index contributed by atoms with van der Waals surface area (Å²) in [5, 5.41) is 20.1. The Bertz CT molecular complexity index is 527. The molecular weight excluding hydrogens is 332 g/mol. The monoisotopic (exact) mass is 358 g/mol. The van der Waals surface area contributed by atoms with E-state index in [0.29, 0.717) is 19.4 Å². The topological polar surface area (TPSA) is 133 Å². The Balaban J connectivity index is 2.63. The molecule has 1 fully saturated rings. The van der Waals surface area contributed by atoms with E-state index >= 15 is 0 Å². The number of piperidine rings is 1. The maximum Gasteiger partial charge on any atom is 0.410 e. The lowest BCUT2D eigenvalue weighted by Crippen LogP contribution is -2.50. The molecule has 9 nitrogen and oxygen atoms in total. The summed E-state index contributed by atoms with van der Waals surface area (Å²) in [6.07, 6.45) is 0.0662. The predicted molar refractivity (Wildman–Crippen MR) is 87.0 cm³/mol. The van der Waals surface area contributed by atoms with E-state index in [4.69, 9.17) is 14.9 Å². The van der Waals surface area contributed by atoms with Crippen LogP contribution < -0.4 is 5.32 Å². The van der Waals surface area contributed by atoms with Crippen LogP contribution in [0.2, 0.25) is 0 Å². The van der Waals surface area contributed by atoms with E-state index in [0.717, 1.165) is 0 Å². The highest BCUT2D eigenvalue weighted by Gasteiger charge is 2.32. The molecule has 0 spiro atoms. The number of ether oxygens (including phenoxy) is 1. The van der Waals surface area contributed by atoms with E-state index in [9.17, 15) is 19.2 Å². The number of hydrogen-bond donors (Lipinski definition) is 3. The highest BCUT2D eigenvalue weighted by molar-refractivity contribution is 5.86. The third-order valence-corrected chi connectivity index (χ3v) is 3.71. The molecule has 0 aromatic carbocycles. The molecule has 0 radical (unpaired) electrons. The van der Waals surface area contributed by atoms with Gasteiger partial charge in [-0.25, -0.2) is 9.59 Å². The Hall–Kier alpha value is -2.32. The Morgan fingerprint density at radius 1 is 1.24 bits per heavy atom. The summed E-state index contributed by atoms with van der Waals surface area (Å²) in [6, 6.07) is -1.26. The first-order valence-electron chi connectivity index (χ1n) is 8.22. The zero-order chi connectivity index (χ0) is 19.2. The van der Waals surface area contributed by atoms with Crippen LogP contribution in [0.15, 0.2) is 0 Å². The Morgan fingerprint density at radius 3 is 2.40 bits per heavy atom. The number of aliphatic carboxylic acids is 2. The van der Waals surface area contributed by atoms with Crippen molar-refractivity contribution in [1.82, 2.24) is 10.2 Å². The molecule has 9 heteroatoms. The van der Waals surface area contributed by atoms with Gasteiger partial charge in [0, 0.05) is 19.5 Å². The van der Waals surface area contributed by atoms with Gasteiger partial charge in [-0.2, -0.15) is 0 Å². The van der Waals surface area contributed by atoms with Crippen LogP contribution in [0.1, 0.15) is 46.5 Å². The van der Waals surface area contributed by atoms with Crippen molar-refractivity contribution in [2.24, 2.45) is 5.92 Å². The standard InChI is InChI=1S/C16H26N2O7/c1-16(2,3)25-15(24)18-8-4-5-10(9-18)13(21)17-11(14(22)23)6-7-12(19)20/h10-11H,4-9H2,1-3H3,(H,17,21)(H,19,20)(H,22,23). The molecule has 2 unspecified atom stereocenters. The average Bonchev–Trinajstić information content (AvgIpc) is 2.49. The van der Waals surface area contributed by atoms with E-state index in [-0.39, 0.29) is 19.4 Å². The van der Waals surface area contributed by atoms with Crippen molar-refractivity contribution < 1.29 is 34.1 Å². The zero-order valence-electron chi connectivity index (χ0n) is 14.8. The fourth-order valence-corrected chi connectivity index (χ4v) is 2.50. The van der Waals surface area contributed by atoms with Crippen LogP contribution in [-0.4, -0.2) is 63.8 Å². The minimum atomic E-state index is -1.28. The van der Waals surface area contributed by atoms with Gasteiger partial charge in [0.2, 0.25) is 5.91 Å². The first-order chi connectivity index (χ1) is 11.5. The van der Waals surface area contributed by atoms with Crippen molar-refractivity contribution in [3.05, 3.63) is 0 Å². The van der Waals surface area contributed by atoms with Gasteiger partial charge in [0.25, 0.3) is 0 Å². The lowest BCUT2D eigenvalue weighted by molar-refractivity contribution is -0.144. The SMILES string of the molecule is CC(C)(C)OC(=O)N1CCCC(C(=O)NC(CCC(=O)O)C(=O)O)C1. The van der Waals surface area contributed by atoms with Crippen molar-refractivity contribution in [2.45, 2.75) is 58.1 Å². The van der Waals surface area contributed by atoms with Crippen LogP contribution in [0.5, 0.6) is 0 Å². The molecule has 25 heavy (non-hydrogen) atoms. The summed E-state index contributed by atoms with van der Waals surface area (Å²) in [5.74, 6) is -3.46. The van der Waals surface area contributed by atoms with Crippen LogP contribution in [0.25, 0.3) is 0 Å². The second-order valence-corrected chi connectivity index (χ2v) is 7.10. The molecule has 2 amide bonds. The second kappa shape index (κ2) is 8.68. The molecule has 0 bridgehead atoms. The van der Waals surface area contributed by atoms with Gasteiger partial charge in [-0.15, -0.1) is 0 Å². The molecule has 1 aliphatic heterocycles. The Kier molecular flexibility index (Phi) is 7.20. The van der Waals surface area contributed by atoms with Crippen LogP contribution in [0.4, 0.5) is 4.79 Å². The molecule has 0 aliphatic carbocycles. The number of rotatable bonds is 6. The summed E-state index contributed by atoms with van der Waals surface area (Å²) in [4.78, 5) is 47.6. The van der Waals surface area contributed by atoms with Crippen molar-refractivity contribution in [1.29, 1.82) is 0 Å². The van der Waals surface area contributed by atoms with Gasteiger partial charge in [0.05, 0.1) is 5.92 Å². The lowest BCUT2D eigenvalue weighted by Gasteiger charge is -2.33. The van der Waals surface area contributed by atoms with Crippen molar-refractivity contribution in [3.8, 4) is 0 Å². The minimum absolute atomic E-state index is 0.145. The lowest BCUT2D eigenvalue weighted by atomic mass is 9.96. The molecule has 1 rings (SSSR count). The van der Waals surface area contributed by atoms with E-state index in [1.165, 1.54) is 4.90 Å². The third-order valence-electron chi connectivity index (χ3n) is 3.71. The number of amides is 2. The van der Waals surface area contributed by atoms with Gasteiger partial charge in [-0.3, -0.25) is 9.59 Å². The third kappa shape index (κ3) is 7.40. The van der Waals surface area contributed by atoms with Crippen LogP contribution in [-0.2, 0) is 19.1 Å². The summed E-state index contributed by atoms with van der Waals surface area (Å²) in [5.41, 5.74) is -0.641. The summed E-state index contributed by atoms with van der Waals surface area (Å²) in [6.45, 7) is 5.86. The molecule has 1 saturated heterocycles. The number of hydrogen-bond acceptors (Lipinski definition) is 5. The van der Waals surface area contributed by atoms with Gasteiger partial charge in [-0.1, -0.05) is 0 Å². The number of carboxylic acid groups (broad SMARTS) is 2. The van der Waals surface area contributed by atoms with Gasteiger partial charge < -0.3 is 25.2 Å². The van der Waals surface area contributed by atoms with E-state index < -0.39 is 41.5 Å². The number of likely N-dealkylation sites (tertiary alicyclic amines) is 1. The van der Waals surface area contributed by atoms with E-state index in [1.807, 2.05) is 0 Å². The van der Waals surface area contributed by atoms with E-state index in [1.54, 1.807) is 20.8 Å². The fourth-order valence-electron chi connectivity index (χ4n) is 2.50. The first-order valence-corrected chi connectivity index (χ1v) is 8.22. The second-order valence-electron chi connectivity index (χ2n) is 7.10. The molecule has 2 atom stereocenters. The predicted octanol–water partition coefficient (Wildman–Crippen LogP) is 1.07. The Morgan fingerprint density at radius 2 is 1.88 bits per heavy atom. The largest absolute Gasteiger partial charge is 0.481 e. The molecular formula is C16H26N2O7. The van der Waals surface area contributed by atoms with Gasteiger partial charge in [0.1, 0.15) is 11.6 Å². The molecule has 0 aromatic heterocycles. The normalized spacial score (nSPS) is 19.0. The zero-order valence-corrected chi connectivity index (χ0v) is 14.8. The maximum atomic E-state index is 12.3. The van der Waals surface area contributed by atoms with Gasteiger partial charge in [0.15, 0.2) is 0 Å². The minimum Gasteiger partial charge on any atom is -0.481 e. The average molecular weight is 358 g/mol. The molecule has 1 heterocycles. The smallest absolute Gasteiger partial charge is 0.410 e. The first kappa shape index (κ1) is 20.7. The van der Waals surface area contributed by atoms with E-state index in [2.05, 4.69) is 5.32 Å². The summed E-state index contributed by atoms with van der Waals surface area (Å²) >= 11 is 0. The summed E-state index contributed by atoms with van der Waals surface area (Å²) in [7, 11) is 0.